The third-order valence-electron chi connectivity index (χ3n) is 3.99. The molecule has 0 saturated heterocycles. The molecule has 1 aliphatic rings. The SMILES string of the molecule is CC1CCC(Nc2ccc(N)c(C#N)c2)C1C. The molecule has 0 amide bonds. The first-order valence-electron chi connectivity index (χ1n) is 6.18. The molecule has 17 heavy (non-hydrogen) atoms. The Labute approximate surface area is 103 Å². The van der Waals surface area contributed by atoms with E-state index in [2.05, 4.69) is 25.2 Å². The second kappa shape index (κ2) is 4.67. The number of hydrogen-bond donors (Lipinski definition) is 2. The zero-order chi connectivity index (χ0) is 12.4. The molecular formula is C14H19N3. The molecule has 1 fully saturated rings. The Hall–Kier alpha value is -1.69. The summed E-state index contributed by atoms with van der Waals surface area (Å²) in [5.74, 6) is 1.45. The van der Waals surface area contributed by atoms with Crippen molar-refractivity contribution in [1.29, 1.82) is 5.26 Å². The average Bonchev–Trinajstić information content (AvgIpc) is 2.63. The van der Waals surface area contributed by atoms with Gasteiger partial charge < -0.3 is 11.1 Å². The summed E-state index contributed by atoms with van der Waals surface area (Å²) < 4.78 is 0. The maximum absolute atomic E-state index is 8.94. The van der Waals surface area contributed by atoms with Gasteiger partial charge >= 0.3 is 0 Å². The van der Waals surface area contributed by atoms with E-state index >= 15 is 0 Å². The van der Waals surface area contributed by atoms with Crippen LogP contribution >= 0.6 is 0 Å². The van der Waals surface area contributed by atoms with Gasteiger partial charge in [0.2, 0.25) is 0 Å². The third-order valence-corrected chi connectivity index (χ3v) is 3.99. The second-order valence-electron chi connectivity index (χ2n) is 5.08. The third kappa shape index (κ3) is 2.36. The van der Waals surface area contributed by atoms with Gasteiger partial charge in [0.15, 0.2) is 0 Å². The molecule has 0 aromatic heterocycles. The molecule has 1 aromatic carbocycles. The monoisotopic (exact) mass is 229 g/mol. The van der Waals surface area contributed by atoms with Crippen LogP contribution in [0.3, 0.4) is 0 Å². The van der Waals surface area contributed by atoms with Gasteiger partial charge in [-0.15, -0.1) is 0 Å². The van der Waals surface area contributed by atoms with Crippen molar-refractivity contribution in [3.63, 3.8) is 0 Å². The van der Waals surface area contributed by atoms with Crippen LogP contribution in [0.5, 0.6) is 0 Å². The summed E-state index contributed by atoms with van der Waals surface area (Å²) in [7, 11) is 0. The van der Waals surface area contributed by atoms with Crippen molar-refractivity contribution in [3.05, 3.63) is 23.8 Å². The number of nitrogens with zero attached hydrogens (tertiary/aromatic N) is 1. The molecule has 0 aliphatic heterocycles. The highest BCUT2D eigenvalue weighted by atomic mass is 14.9. The molecule has 3 atom stereocenters. The minimum atomic E-state index is 0.514. The van der Waals surface area contributed by atoms with Gasteiger partial charge in [0.05, 0.1) is 5.56 Å². The van der Waals surface area contributed by atoms with Gasteiger partial charge in [-0.25, -0.2) is 0 Å². The van der Waals surface area contributed by atoms with Crippen molar-refractivity contribution in [2.75, 3.05) is 11.1 Å². The molecule has 1 saturated carbocycles. The van der Waals surface area contributed by atoms with Gasteiger partial charge in [-0.1, -0.05) is 13.8 Å². The zero-order valence-electron chi connectivity index (χ0n) is 10.4. The number of rotatable bonds is 2. The number of benzene rings is 1. The normalized spacial score (nSPS) is 27.7. The number of nitrogen functional groups attached to an aromatic ring is 1. The van der Waals surface area contributed by atoms with E-state index < -0.39 is 0 Å². The van der Waals surface area contributed by atoms with E-state index in [0.29, 0.717) is 23.2 Å². The van der Waals surface area contributed by atoms with Crippen LogP contribution in [0.15, 0.2) is 18.2 Å². The van der Waals surface area contributed by atoms with Crippen LogP contribution in [-0.4, -0.2) is 6.04 Å². The smallest absolute Gasteiger partial charge is 0.101 e. The van der Waals surface area contributed by atoms with Gasteiger partial charge in [-0.2, -0.15) is 5.26 Å². The molecule has 0 radical (unpaired) electrons. The van der Waals surface area contributed by atoms with Crippen LogP contribution in [0, 0.1) is 23.2 Å². The number of nitrogens with two attached hydrogens (primary N) is 1. The van der Waals surface area contributed by atoms with Crippen LogP contribution in [-0.2, 0) is 0 Å². The van der Waals surface area contributed by atoms with Crippen LogP contribution in [0.2, 0.25) is 0 Å². The van der Waals surface area contributed by atoms with Gasteiger partial charge in [0, 0.05) is 17.4 Å². The first-order chi connectivity index (χ1) is 8.11. The lowest BCUT2D eigenvalue weighted by molar-refractivity contribution is 0.435. The van der Waals surface area contributed by atoms with Crippen LogP contribution in [0.1, 0.15) is 32.3 Å². The Bertz CT molecular complexity index is 447. The van der Waals surface area contributed by atoms with Gasteiger partial charge in [-0.05, 0) is 42.9 Å². The van der Waals surface area contributed by atoms with Crippen LogP contribution in [0.25, 0.3) is 0 Å². The van der Waals surface area contributed by atoms with Crippen molar-refractivity contribution in [3.8, 4) is 6.07 Å². The summed E-state index contributed by atoms with van der Waals surface area (Å²) in [4.78, 5) is 0. The maximum Gasteiger partial charge on any atom is 0.101 e. The number of nitriles is 1. The maximum atomic E-state index is 8.94. The van der Waals surface area contributed by atoms with Crippen molar-refractivity contribution < 1.29 is 0 Å². The highest BCUT2D eigenvalue weighted by molar-refractivity contribution is 5.62. The quantitative estimate of drug-likeness (QED) is 0.766. The molecule has 3 heteroatoms. The van der Waals surface area contributed by atoms with Crippen molar-refractivity contribution in [2.24, 2.45) is 11.8 Å². The fraction of sp³-hybridized carbons (Fsp3) is 0.500. The second-order valence-corrected chi connectivity index (χ2v) is 5.08. The largest absolute Gasteiger partial charge is 0.398 e. The molecule has 3 N–H and O–H groups in total. The Balaban J connectivity index is 2.12. The number of nitrogens with one attached hydrogen (secondary N) is 1. The molecule has 3 nitrogen and oxygen atoms in total. The highest BCUT2D eigenvalue weighted by Crippen LogP contribution is 2.33. The zero-order valence-corrected chi connectivity index (χ0v) is 10.4. The van der Waals surface area contributed by atoms with Gasteiger partial charge in [0.25, 0.3) is 0 Å². The van der Waals surface area contributed by atoms with Crippen LogP contribution < -0.4 is 11.1 Å². The molecule has 1 aliphatic carbocycles. The summed E-state index contributed by atoms with van der Waals surface area (Å²) >= 11 is 0. The fourth-order valence-corrected chi connectivity index (χ4v) is 2.53. The van der Waals surface area contributed by atoms with E-state index in [1.54, 1.807) is 6.07 Å². The molecule has 0 spiro atoms. The lowest BCUT2D eigenvalue weighted by Gasteiger charge is -2.21. The van der Waals surface area contributed by atoms with Gasteiger partial charge in [0.1, 0.15) is 6.07 Å². The van der Waals surface area contributed by atoms with E-state index in [4.69, 9.17) is 11.0 Å². The first-order valence-corrected chi connectivity index (χ1v) is 6.18. The topological polar surface area (TPSA) is 61.8 Å². The molecule has 1 aromatic rings. The van der Waals surface area contributed by atoms with Crippen molar-refractivity contribution >= 4 is 11.4 Å². The molecule has 3 unspecified atom stereocenters. The lowest BCUT2D eigenvalue weighted by atomic mass is 9.97. The highest BCUT2D eigenvalue weighted by Gasteiger charge is 2.29. The van der Waals surface area contributed by atoms with Crippen molar-refractivity contribution in [1.82, 2.24) is 0 Å². The van der Waals surface area contributed by atoms with E-state index in [-0.39, 0.29) is 0 Å². The summed E-state index contributed by atoms with van der Waals surface area (Å²) in [5.41, 5.74) is 7.81. The summed E-state index contributed by atoms with van der Waals surface area (Å²) in [6.45, 7) is 4.59. The Morgan fingerprint density at radius 1 is 1.35 bits per heavy atom. The minimum Gasteiger partial charge on any atom is -0.398 e. The molecule has 2 rings (SSSR count). The lowest BCUT2D eigenvalue weighted by Crippen LogP contribution is -2.24. The molecular weight excluding hydrogens is 210 g/mol. The number of anilines is 2. The summed E-state index contributed by atoms with van der Waals surface area (Å²) in [5, 5.41) is 12.5. The Morgan fingerprint density at radius 2 is 2.12 bits per heavy atom. The Kier molecular flexibility index (Phi) is 3.23. The van der Waals surface area contributed by atoms with Crippen molar-refractivity contribution in [2.45, 2.75) is 32.7 Å². The minimum absolute atomic E-state index is 0.514. The van der Waals surface area contributed by atoms with E-state index in [9.17, 15) is 0 Å². The average molecular weight is 229 g/mol. The standard InChI is InChI=1S/C14H19N3/c1-9-3-6-14(10(9)2)17-12-4-5-13(16)11(7-12)8-15/h4-5,7,9-10,14,17H,3,6,16H2,1-2H3. The van der Waals surface area contributed by atoms with Gasteiger partial charge in [-0.3, -0.25) is 0 Å². The molecule has 0 bridgehead atoms. The predicted molar refractivity (Wildman–Crippen MR) is 70.5 cm³/mol. The van der Waals surface area contributed by atoms with E-state index in [0.717, 1.165) is 11.6 Å². The summed E-state index contributed by atoms with van der Waals surface area (Å²) in [6.07, 6.45) is 2.48. The number of hydrogen-bond acceptors (Lipinski definition) is 3. The molecule has 0 heterocycles. The summed E-state index contributed by atoms with van der Waals surface area (Å²) in [6, 6.07) is 8.21. The Morgan fingerprint density at radius 3 is 2.71 bits per heavy atom. The molecule has 90 valence electrons. The van der Waals surface area contributed by atoms with E-state index in [1.165, 1.54) is 12.8 Å². The van der Waals surface area contributed by atoms with E-state index in [1.807, 2.05) is 12.1 Å². The predicted octanol–water partition coefficient (Wildman–Crippen LogP) is 2.99. The first kappa shape index (κ1) is 11.8. The van der Waals surface area contributed by atoms with Crippen LogP contribution in [0.4, 0.5) is 11.4 Å². The fourth-order valence-electron chi connectivity index (χ4n) is 2.53.